The van der Waals surface area contributed by atoms with Crippen molar-refractivity contribution in [2.45, 2.75) is 26.7 Å². The summed E-state index contributed by atoms with van der Waals surface area (Å²) in [6.45, 7) is 3.86. The number of pyridine rings is 3. The van der Waals surface area contributed by atoms with Gasteiger partial charge in [-0.25, -0.2) is 9.97 Å². The highest BCUT2D eigenvalue weighted by atomic mass is 35.5. The fourth-order valence-electron chi connectivity index (χ4n) is 4.40. The Morgan fingerprint density at radius 2 is 1.38 bits per heavy atom. The van der Waals surface area contributed by atoms with Gasteiger partial charge in [0.15, 0.2) is 17.3 Å². The molecule has 0 fully saturated rings. The number of aryl methyl sites for hydroxylation is 2. The summed E-state index contributed by atoms with van der Waals surface area (Å²) in [5, 5.41) is 0.421. The maximum absolute atomic E-state index is 12.5. The number of rotatable bonds is 10. The summed E-state index contributed by atoms with van der Waals surface area (Å²) in [5.41, 5.74) is 4.72. The molecule has 6 aromatic rings. The minimum Gasteiger partial charge on any atom is -0.456 e. The van der Waals surface area contributed by atoms with Crippen LogP contribution in [-0.4, -0.2) is 36.5 Å². The number of ketones is 2. The van der Waals surface area contributed by atoms with Gasteiger partial charge in [-0.15, -0.1) is 0 Å². The van der Waals surface area contributed by atoms with E-state index in [1.165, 1.54) is 18.7 Å². The van der Waals surface area contributed by atoms with Crippen molar-refractivity contribution in [3.8, 4) is 23.0 Å². The highest BCUT2D eigenvalue weighted by molar-refractivity contribution is 6.31. The van der Waals surface area contributed by atoms with Crippen LogP contribution in [0.1, 0.15) is 43.2 Å². The van der Waals surface area contributed by atoms with Crippen molar-refractivity contribution in [2.75, 3.05) is 0 Å². The molecule has 6 rings (SSSR count). The van der Waals surface area contributed by atoms with E-state index < -0.39 is 0 Å². The number of carbonyl (C=O) groups excluding carboxylic acids is 2. The molecule has 0 saturated heterocycles. The van der Waals surface area contributed by atoms with Gasteiger partial charge in [-0.1, -0.05) is 29.8 Å². The van der Waals surface area contributed by atoms with Crippen LogP contribution in [0, 0.1) is 13.8 Å². The summed E-state index contributed by atoms with van der Waals surface area (Å²) >= 11 is 6.10. The zero-order chi connectivity index (χ0) is 33.0. The SMILES string of the molecule is Cc1cc(CC(=O)c2cccc(Oc3cccnc3)c2)ccn1.Cc1ccc(CC(=O)c2cc(Cl)cc(Oc3cncnc3)c2)nc1. The summed E-state index contributed by atoms with van der Waals surface area (Å²) in [5.74, 6) is 2.16. The minimum atomic E-state index is -0.0805. The van der Waals surface area contributed by atoms with E-state index in [4.69, 9.17) is 21.1 Å². The molecule has 0 saturated carbocycles. The molecule has 0 unspecified atom stereocenters. The van der Waals surface area contributed by atoms with Crippen LogP contribution < -0.4 is 9.47 Å². The minimum absolute atomic E-state index is 0.0484. The Morgan fingerprint density at radius 3 is 2.13 bits per heavy atom. The van der Waals surface area contributed by atoms with Crippen LogP contribution in [0.2, 0.25) is 5.02 Å². The van der Waals surface area contributed by atoms with E-state index in [9.17, 15) is 9.59 Å². The van der Waals surface area contributed by atoms with E-state index in [1.807, 2.05) is 56.3 Å². The van der Waals surface area contributed by atoms with Gasteiger partial charge in [0.05, 0.1) is 25.0 Å². The van der Waals surface area contributed by atoms with Crippen molar-refractivity contribution in [3.05, 3.63) is 161 Å². The van der Waals surface area contributed by atoms with Gasteiger partial charge in [0.1, 0.15) is 23.6 Å². The van der Waals surface area contributed by atoms with Crippen LogP contribution in [0.5, 0.6) is 23.0 Å². The standard InChI is InChI=1S/C19H16N2O2.C18H14ClN3O2/c1-14-10-15(7-9-21-14)11-19(22)16-4-2-5-17(12-16)23-18-6-3-8-20-13-18;1-12-2-3-15(22-8-12)7-18(23)13-4-14(19)6-16(5-13)24-17-9-20-11-21-10-17/h2-10,12-13H,11H2,1H3;2-6,8-11H,7H2,1H3. The average molecular weight is 644 g/mol. The monoisotopic (exact) mass is 643 g/mol. The number of ether oxygens (including phenoxy) is 2. The van der Waals surface area contributed by atoms with Crippen LogP contribution >= 0.6 is 11.6 Å². The molecule has 4 heterocycles. The first kappa shape index (κ1) is 32.6. The molecule has 0 aliphatic carbocycles. The topological polar surface area (TPSA) is 117 Å². The molecule has 0 N–H and O–H groups in total. The van der Waals surface area contributed by atoms with Gasteiger partial charge >= 0.3 is 0 Å². The Labute approximate surface area is 277 Å². The van der Waals surface area contributed by atoms with Gasteiger partial charge in [-0.2, -0.15) is 0 Å². The van der Waals surface area contributed by atoms with Gasteiger partial charge in [0, 0.05) is 52.5 Å². The molecule has 0 bridgehead atoms. The first-order valence-corrected chi connectivity index (χ1v) is 15.0. The normalized spacial score (nSPS) is 10.4. The third-order valence-corrected chi connectivity index (χ3v) is 6.85. The highest BCUT2D eigenvalue weighted by Crippen LogP contribution is 2.26. The fourth-order valence-corrected chi connectivity index (χ4v) is 4.63. The predicted molar refractivity (Wildman–Crippen MR) is 178 cm³/mol. The quantitative estimate of drug-likeness (QED) is 0.137. The highest BCUT2D eigenvalue weighted by Gasteiger charge is 2.12. The molecular weight excluding hydrogens is 614 g/mol. The molecule has 47 heavy (non-hydrogen) atoms. The average Bonchev–Trinajstić information content (AvgIpc) is 3.07. The first-order valence-electron chi connectivity index (χ1n) is 14.6. The van der Waals surface area contributed by atoms with Crippen molar-refractivity contribution < 1.29 is 19.1 Å². The summed E-state index contributed by atoms with van der Waals surface area (Å²) in [4.78, 5) is 45.1. The molecule has 0 atom stereocenters. The molecular formula is C37H30ClN5O4. The third-order valence-electron chi connectivity index (χ3n) is 6.63. The molecule has 0 amide bonds. The van der Waals surface area contributed by atoms with Gasteiger partial charge in [-0.3, -0.25) is 24.5 Å². The van der Waals surface area contributed by atoms with E-state index in [0.717, 1.165) is 16.8 Å². The molecule has 9 nitrogen and oxygen atoms in total. The largest absolute Gasteiger partial charge is 0.456 e. The smallest absolute Gasteiger partial charge is 0.169 e. The second kappa shape index (κ2) is 16.0. The molecule has 0 aliphatic heterocycles. The molecule has 0 spiro atoms. The zero-order valence-electron chi connectivity index (χ0n) is 25.7. The maximum atomic E-state index is 12.5. The molecule has 2 aromatic carbocycles. The zero-order valence-corrected chi connectivity index (χ0v) is 26.5. The van der Waals surface area contributed by atoms with E-state index in [2.05, 4.69) is 24.9 Å². The Morgan fingerprint density at radius 1 is 0.638 bits per heavy atom. The second-order valence-corrected chi connectivity index (χ2v) is 10.9. The Hall–Kier alpha value is -5.80. The van der Waals surface area contributed by atoms with Gasteiger partial charge < -0.3 is 9.47 Å². The Balaban J connectivity index is 0.000000185. The van der Waals surface area contributed by atoms with E-state index in [0.29, 0.717) is 51.3 Å². The van der Waals surface area contributed by atoms with E-state index in [1.54, 1.807) is 61.2 Å². The van der Waals surface area contributed by atoms with Crippen molar-refractivity contribution >= 4 is 23.2 Å². The fraction of sp³-hybridized carbons (Fsp3) is 0.108. The summed E-state index contributed by atoms with van der Waals surface area (Å²) in [6.07, 6.45) is 11.8. The lowest BCUT2D eigenvalue weighted by molar-refractivity contribution is 0.0984. The summed E-state index contributed by atoms with van der Waals surface area (Å²) in [7, 11) is 0. The van der Waals surface area contributed by atoms with E-state index >= 15 is 0 Å². The second-order valence-electron chi connectivity index (χ2n) is 10.5. The van der Waals surface area contributed by atoms with Crippen molar-refractivity contribution in [1.82, 2.24) is 24.9 Å². The molecule has 10 heteroatoms. The van der Waals surface area contributed by atoms with Gasteiger partial charge in [-0.05, 0) is 85.6 Å². The number of hydrogen-bond donors (Lipinski definition) is 0. The lowest BCUT2D eigenvalue weighted by Gasteiger charge is -2.08. The van der Waals surface area contributed by atoms with Crippen molar-refractivity contribution in [1.29, 1.82) is 0 Å². The maximum Gasteiger partial charge on any atom is 0.169 e. The number of Topliss-reactive ketones (excluding diaryl/α,β-unsaturated/α-hetero) is 2. The number of carbonyl (C=O) groups is 2. The number of aromatic nitrogens is 5. The molecule has 0 radical (unpaired) electrons. The lowest BCUT2D eigenvalue weighted by atomic mass is 10.0. The molecule has 0 aliphatic rings. The predicted octanol–water partition coefficient (Wildman–Crippen LogP) is 8.05. The van der Waals surface area contributed by atoms with Crippen molar-refractivity contribution in [3.63, 3.8) is 0 Å². The number of nitrogens with zero attached hydrogens (tertiary/aromatic N) is 5. The number of benzene rings is 2. The number of halogens is 1. The van der Waals surface area contributed by atoms with Crippen LogP contribution in [0.15, 0.2) is 122 Å². The Kier molecular flexibility index (Phi) is 11.1. The lowest BCUT2D eigenvalue weighted by Crippen LogP contribution is -2.05. The van der Waals surface area contributed by atoms with Crippen LogP contribution in [-0.2, 0) is 12.8 Å². The van der Waals surface area contributed by atoms with Crippen molar-refractivity contribution in [2.24, 2.45) is 0 Å². The summed E-state index contributed by atoms with van der Waals surface area (Å²) < 4.78 is 11.4. The van der Waals surface area contributed by atoms with E-state index in [-0.39, 0.29) is 18.0 Å². The number of hydrogen-bond acceptors (Lipinski definition) is 9. The van der Waals surface area contributed by atoms with Crippen LogP contribution in [0.3, 0.4) is 0 Å². The summed E-state index contributed by atoms with van der Waals surface area (Å²) in [6, 6.07) is 23.3. The third kappa shape index (κ3) is 10.1. The Bertz CT molecular complexity index is 1960. The van der Waals surface area contributed by atoms with Crippen LogP contribution in [0.25, 0.3) is 0 Å². The molecule has 234 valence electrons. The van der Waals surface area contributed by atoms with Gasteiger partial charge in [0.25, 0.3) is 0 Å². The van der Waals surface area contributed by atoms with Gasteiger partial charge in [0.2, 0.25) is 0 Å². The first-order chi connectivity index (χ1) is 22.8. The molecule has 4 aromatic heterocycles. The van der Waals surface area contributed by atoms with Crippen LogP contribution in [0.4, 0.5) is 0 Å².